The van der Waals surface area contributed by atoms with E-state index in [1.165, 1.54) is 12.4 Å². The highest BCUT2D eigenvalue weighted by atomic mass is 19.1. The van der Waals surface area contributed by atoms with Gasteiger partial charge in [0.1, 0.15) is 29.7 Å². The number of aromatic nitrogens is 3. The van der Waals surface area contributed by atoms with Crippen LogP contribution < -0.4 is 14.8 Å². The summed E-state index contributed by atoms with van der Waals surface area (Å²) in [7, 11) is 1.63. The molecule has 0 amide bonds. The molecule has 4 aromatic rings. The Labute approximate surface area is 183 Å². The molecule has 1 aromatic heterocycles. The van der Waals surface area contributed by atoms with Gasteiger partial charge in [-0.3, -0.25) is 0 Å². The van der Waals surface area contributed by atoms with E-state index in [0.29, 0.717) is 17.3 Å². The van der Waals surface area contributed by atoms with Gasteiger partial charge in [-0.05, 0) is 35.9 Å². The number of anilines is 1. The van der Waals surface area contributed by atoms with Crippen molar-refractivity contribution in [2.24, 2.45) is 0 Å². The minimum Gasteiger partial charge on any atom is -0.497 e. The zero-order chi connectivity index (χ0) is 21.7. The number of nitrogens with one attached hydrogen (secondary N) is 1. The van der Waals surface area contributed by atoms with E-state index >= 15 is 4.39 Å². The second kappa shape index (κ2) is 7.23. The summed E-state index contributed by atoms with van der Waals surface area (Å²) in [6.45, 7) is 0. The first kappa shape index (κ1) is 18.6. The molecule has 2 aliphatic heterocycles. The van der Waals surface area contributed by atoms with Gasteiger partial charge in [0.25, 0.3) is 0 Å². The highest BCUT2D eigenvalue weighted by Crippen LogP contribution is 2.51. The highest BCUT2D eigenvalue weighted by molar-refractivity contribution is 5.85. The third-order valence-corrected chi connectivity index (χ3v) is 5.92. The summed E-state index contributed by atoms with van der Waals surface area (Å²) in [5.41, 5.74) is 4.02. The second-order valence-corrected chi connectivity index (χ2v) is 7.68. The van der Waals surface area contributed by atoms with E-state index in [0.717, 1.165) is 28.1 Å². The summed E-state index contributed by atoms with van der Waals surface area (Å²) >= 11 is 0. The smallest absolute Gasteiger partial charge is 0.226 e. The van der Waals surface area contributed by atoms with Gasteiger partial charge < -0.3 is 14.8 Å². The van der Waals surface area contributed by atoms with Gasteiger partial charge in [0.15, 0.2) is 6.10 Å². The van der Waals surface area contributed by atoms with Crippen LogP contribution >= 0.6 is 0 Å². The van der Waals surface area contributed by atoms with Gasteiger partial charge in [-0.25, -0.2) is 9.07 Å². The van der Waals surface area contributed by atoms with Crippen molar-refractivity contribution in [3.8, 4) is 11.5 Å². The molecular weight excluding hydrogens is 407 g/mol. The Morgan fingerprint density at radius 3 is 2.75 bits per heavy atom. The largest absolute Gasteiger partial charge is 0.497 e. The highest BCUT2D eigenvalue weighted by Gasteiger charge is 2.41. The molecule has 3 aromatic carbocycles. The molecule has 3 heterocycles. The molecule has 7 heteroatoms. The van der Waals surface area contributed by atoms with Crippen molar-refractivity contribution >= 4 is 11.6 Å². The molecular formula is C25H19FN4O2. The Morgan fingerprint density at radius 1 is 1.03 bits per heavy atom. The maximum absolute atomic E-state index is 15.0. The lowest BCUT2D eigenvalue weighted by Crippen LogP contribution is -2.32. The van der Waals surface area contributed by atoms with Gasteiger partial charge in [-0.15, -0.1) is 0 Å². The summed E-state index contributed by atoms with van der Waals surface area (Å²) in [5.74, 6) is 1.70. The van der Waals surface area contributed by atoms with Crippen LogP contribution in [0.3, 0.4) is 0 Å². The third-order valence-electron chi connectivity index (χ3n) is 5.92. The molecule has 0 unspecified atom stereocenters. The molecule has 0 radical (unpaired) electrons. The fourth-order valence-electron chi connectivity index (χ4n) is 4.50. The van der Waals surface area contributed by atoms with Gasteiger partial charge in [0, 0.05) is 16.7 Å². The van der Waals surface area contributed by atoms with E-state index in [2.05, 4.69) is 15.4 Å². The lowest BCUT2D eigenvalue weighted by atomic mass is 9.84. The van der Waals surface area contributed by atoms with Crippen molar-refractivity contribution in [1.29, 1.82) is 0 Å². The third kappa shape index (κ3) is 2.78. The van der Waals surface area contributed by atoms with E-state index in [-0.39, 0.29) is 11.9 Å². The van der Waals surface area contributed by atoms with Crippen LogP contribution in [-0.2, 0) is 0 Å². The van der Waals surface area contributed by atoms with Gasteiger partial charge in [0.05, 0.1) is 12.8 Å². The molecule has 2 aliphatic rings. The Bertz CT molecular complexity index is 1360. The maximum Gasteiger partial charge on any atom is 0.226 e. The molecule has 0 saturated carbocycles. The molecule has 0 bridgehead atoms. The first-order valence-corrected chi connectivity index (χ1v) is 10.3. The van der Waals surface area contributed by atoms with Crippen LogP contribution in [0.4, 0.5) is 10.3 Å². The minimum atomic E-state index is -0.651. The van der Waals surface area contributed by atoms with Crippen LogP contribution in [0.25, 0.3) is 5.70 Å². The van der Waals surface area contributed by atoms with Gasteiger partial charge in [-0.2, -0.15) is 10.1 Å². The van der Waals surface area contributed by atoms with E-state index in [1.54, 1.807) is 23.9 Å². The molecule has 6 nitrogen and oxygen atoms in total. The predicted octanol–water partition coefficient (Wildman–Crippen LogP) is 4.99. The topological polar surface area (TPSA) is 61.2 Å². The lowest BCUT2D eigenvalue weighted by molar-refractivity contribution is 0.218. The SMILES string of the molecule is COc1cccc([C@H]2C3=C(Nc4ncnn42)c2ccccc2O[C@H]3c2ccccc2F)c1. The Morgan fingerprint density at radius 2 is 1.88 bits per heavy atom. The van der Waals surface area contributed by atoms with Gasteiger partial charge >= 0.3 is 0 Å². The molecule has 0 aliphatic carbocycles. The molecule has 32 heavy (non-hydrogen) atoms. The van der Waals surface area contributed by atoms with Gasteiger partial charge in [0.2, 0.25) is 5.95 Å². The Hall–Kier alpha value is -4.13. The number of methoxy groups -OCH3 is 1. The molecule has 0 saturated heterocycles. The van der Waals surface area contributed by atoms with Crippen molar-refractivity contribution in [3.63, 3.8) is 0 Å². The van der Waals surface area contributed by atoms with Crippen LogP contribution in [0.1, 0.15) is 28.8 Å². The second-order valence-electron chi connectivity index (χ2n) is 7.68. The van der Waals surface area contributed by atoms with Crippen LogP contribution in [0.5, 0.6) is 11.5 Å². The number of fused-ring (bicyclic) bond motifs is 3. The Balaban J connectivity index is 1.64. The first-order valence-electron chi connectivity index (χ1n) is 10.3. The van der Waals surface area contributed by atoms with Gasteiger partial charge in [-0.1, -0.05) is 42.5 Å². The van der Waals surface area contributed by atoms with Crippen molar-refractivity contribution in [2.45, 2.75) is 12.1 Å². The molecule has 6 rings (SSSR count). The van der Waals surface area contributed by atoms with E-state index in [4.69, 9.17) is 9.47 Å². The zero-order valence-corrected chi connectivity index (χ0v) is 17.2. The van der Waals surface area contributed by atoms with E-state index < -0.39 is 6.10 Å². The van der Waals surface area contributed by atoms with Crippen LogP contribution in [0.2, 0.25) is 0 Å². The molecule has 0 fully saturated rings. The predicted molar refractivity (Wildman–Crippen MR) is 118 cm³/mol. The number of rotatable bonds is 3. The minimum absolute atomic E-state index is 0.322. The number of ether oxygens (including phenoxy) is 2. The molecule has 2 atom stereocenters. The average molecular weight is 426 g/mol. The number of halogens is 1. The lowest BCUT2D eigenvalue weighted by Gasteiger charge is -2.39. The standard InChI is InChI=1S/C25H19FN4O2/c1-31-16-8-6-7-15(13-16)23-21-22(29-25-27-14-28-30(23)25)18-10-3-5-12-20(18)32-24(21)17-9-2-4-11-19(17)26/h2-14,23-24H,1H3,(H,27,28,29)/t23-,24-/m0/s1. The van der Waals surface area contributed by atoms with Crippen molar-refractivity contribution in [1.82, 2.24) is 14.8 Å². The summed E-state index contributed by atoms with van der Waals surface area (Å²) in [6, 6.07) is 21.9. The summed E-state index contributed by atoms with van der Waals surface area (Å²) in [4.78, 5) is 4.41. The Kier molecular flexibility index (Phi) is 4.21. The van der Waals surface area contributed by atoms with Crippen molar-refractivity contribution < 1.29 is 13.9 Å². The zero-order valence-electron chi connectivity index (χ0n) is 17.2. The van der Waals surface area contributed by atoms with Crippen molar-refractivity contribution in [3.05, 3.63) is 107 Å². The van der Waals surface area contributed by atoms with E-state index in [9.17, 15) is 0 Å². The number of hydrogen-bond donors (Lipinski definition) is 1. The summed E-state index contributed by atoms with van der Waals surface area (Å²) in [5, 5.41) is 7.90. The number of para-hydroxylation sites is 1. The monoisotopic (exact) mass is 426 g/mol. The number of benzene rings is 3. The first-order chi connectivity index (χ1) is 15.7. The van der Waals surface area contributed by atoms with Crippen LogP contribution in [0, 0.1) is 5.82 Å². The summed E-state index contributed by atoms with van der Waals surface area (Å²) in [6.07, 6.45) is 0.862. The quantitative estimate of drug-likeness (QED) is 0.500. The number of nitrogens with zero attached hydrogens (tertiary/aromatic N) is 3. The fraction of sp³-hybridized carbons (Fsp3) is 0.120. The van der Waals surface area contributed by atoms with Crippen LogP contribution in [0.15, 0.2) is 84.7 Å². The summed E-state index contributed by atoms with van der Waals surface area (Å²) < 4.78 is 28.7. The normalized spacial score (nSPS) is 18.7. The number of hydrogen-bond acceptors (Lipinski definition) is 5. The van der Waals surface area contributed by atoms with E-state index in [1.807, 2.05) is 54.6 Å². The van der Waals surface area contributed by atoms with Crippen molar-refractivity contribution in [2.75, 3.05) is 12.4 Å². The van der Waals surface area contributed by atoms with Crippen LogP contribution in [-0.4, -0.2) is 21.9 Å². The molecule has 158 valence electrons. The maximum atomic E-state index is 15.0. The molecule has 0 spiro atoms. The average Bonchev–Trinajstić information content (AvgIpc) is 3.31. The fourth-order valence-corrected chi connectivity index (χ4v) is 4.50. The molecule has 1 N–H and O–H groups in total.